The minimum atomic E-state index is -0.858. The molecule has 0 spiro atoms. The van der Waals surface area contributed by atoms with Crippen molar-refractivity contribution in [3.63, 3.8) is 0 Å². The highest BCUT2D eigenvalue weighted by atomic mass is 16.5. The van der Waals surface area contributed by atoms with Crippen LogP contribution < -0.4 is 21.1 Å². The Morgan fingerprint density at radius 1 is 0.941 bits per heavy atom. The zero-order chi connectivity index (χ0) is 24.6. The summed E-state index contributed by atoms with van der Waals surface area (Å²) < 4.78 is 5.86. The second kappa shape index (κ2) is 11.5. The third-order valence-corrected chi connectivity index (χ3v) is 5.93. The molecule has 1 atom stereocenters. The molecule has 0 saturated carbocycles. The zero-order valence-electron chi connectivity index (χ0n) is 20.0. The van der Waals surface area contributed by atoms with Gasteiger partial charge in [0.1, 0.15) is 18.4 Å². The van der Waals surface area contributed by atoms with Gasteiger partial charge in [-0.05, 0) is 47.4 Å². The van der Waals surface area contributed by atoms with Crippen LogP contribution in [0.15, 0.2) is 78.9 Å². The zero-order valence-corrected chi connectivity index (χ0v) is 20.0. The van der Waals surface area contributed by atoms with Crippen molar-refractivity contribution in [1.82, 2.24) is 5.32 Å². The van der Waals surface area contributed by atoms with Gasteiger partial charge in [-0.25, -0.2) is 0 Å². The first-order chi connectivity index (χ1) is 16.3. The molecule has 0 aliphatic carbocycles. The van der Waals surface area contributed by atoms with E-state index in [4.69, 9.17) is 10.5 Å². The number of ether oxygens (including phenoxy) is 1. The standard InChI is InChI=1S/C28H33N3O3/c1-4-28(2,3)27(33)31-25(26(32)30-23-12-8-11-21(17-23)18-29)22-13-15-24(16-14-22)34-19-20-9-6-5-7-10-20/h5-17,25H,4,18-19,29H2,1-3H3,(H,30,32)(H,31,33)/t25-/m0/s1. The lowest BCUT2D eigenvalue weighted by Gasteiger charge is -2.26. The maximum absolute atomic E-state index is 13.3. The van der Waals surface area contributed by atoms with Crippen LogP contribution in [0, 0.1) is 5.41 Å². The van der Waals surface area contributed by atoms with Crippen molar-refractivity contribution in [2.45, 2.75) is 46.4 Å². The minimum absolute atomic E-state index is 0.185. The molecule has 4 N–H and O–H groups in total. The summed E-state index contributed by atoms with van der Waals surface area (Å²) in [7, 11) is 0. The summed E-state index contributed by atoms with van der Waals surface area (Å²) in [5.74, 6) is 0.172. The van der Waals surface area contributed by atoms with E-state index < -0.39 is 11.5 Å². The van der Waals surface area contributed by atoms with Crippen LogP contribution in [0.2, 0.25) is 0 Å². The Kier molecular flexibility index (Phi) is 8.44. The van der Waals surface area contributed by atoms with Gasteiger partial charge in [-0.2, -0.15) is 0 Å². The van der Waals surface area contributed by atoms with Crippen LogP contribution in [-0.2, 0) is 22.7 Å². The molecule has 3 aromatic carbocycles. The van der Waals surface area contributed by atoms with E-state index >= 15 is 0 Å². The highest BCUT2D eigenvalue weighted by Crippen LogP contribution is 2.25. The van der Waals surface area contributed by atoms with Gasteiger partial charge < -0.3 is 21.1 Å². The maximum Gasteiger partial charge on any atom is 0.251 e. The predicted octanol–water partition coefficient (Wildman–Crippen LogP) is 4.96. The highest BCUT2D eigenvalue weighted by molar-refractivity contribution is 5.98. The first-order valence-electron chi connectivity index (χ1n) is 11.5. The Bertz CT molecular complexity index is 1100. The third kappa shape index (κ3) is 6.68. The summed E-state index contributed by atoms with van der Waals surface area (Å²) in [4.78, 5) is 26.2. The Balaban J connectivity index is 1.79. The van der Waals surface area contributed by atoms with Crippen molar-refractivity contribution in [2.75, 3.05) is 5.32 Å². The molecule has 0 aliphatic rings. The molecule has 3 rings (SSSR count). The van der Waals surface area contributed by atoms with Crippen LogP contribution >= 0.6 is 0 Å². The van der Waals surface area contributed by atoms with E-state index in [2.05, 4.69) is 10.6 Å². The molecule has 0 radical (unpaired) electrons. The van der Waals surface area contributed by atoms with Crippen molar-refractivity contribution in [1.29, 1.82) is 0 Å². The van der Waals surface area contributed by atoms with Gasteiger partial charge in [-0.15, -0.1) is 0 Å². The molecule has 3 aromatic rings. The molecule has 0 heterocycles. The summed E-state index contributed by atoms with van der Waals surface area (Å²) >= 11 is 0. The number of carbonyl (C=O) groups is 2. The van der Waals surface area contributed by atoms with Crippen molar-refractivity contribution in [3.8, 4) is 5.75 Å². The fourth-order valence-electron chi connectivity index (χ4n) is 3.28. The number of benzene rings is 3. The molecule has 0 unspecified atom stereocenters. The Labute approximate surface area is 201 Å². The topological polar surface area (TPSA) is 93.5 Å². The van der Waals surface area contributed by atoms with E-state index in [0.717, 1.165) is 11.1 Å². The predicted molar refractivity (Wildman–Crippen MR) is 135 cm³/mol. The van der Waals surface area contributed by atoms with Gasteiger partial charge in [0.25, 0.3) is 5.91 Å². The average molecular weight is 460 g/mol. The molecular formula is C28H33N3O3. The van der Waals surface area contributed by atoms with Crippen LogP contribution in [0.1, 0.15) is 49.9 Å². The number of amides is 2. The number of anilines is 1. The monoisotopic (exact) mass is 459 g/mol. The van der Waals surface area contributed by atoms with Crippen LogP contribution in [-0.4, -0.2) is 11.8 Å². The number of hydrogen-bond donors (Lipinski definition) is 3. The summed E-state index contributed by atoms with van der Waals surface area (Å²) in [5, 5.41) is 5.84. The number of carbonyl (C=O) groups excluding carboxylic acids is 2. The van der Waals surface area contributed by atoms with E-state index in [0.29, 0.717) is 36.6 Å². The average Bonchev–Trinajstić information content (AvgIpc) is 2.86. The van der Waals surface area contributed by atoms with Crippen molar-refractivity contribution in [3.05, 3.63) is 95.6 Å². The molecule has 0 aliphatic heterocycles. The van der Waals surface area contributed by atoms with Gasteiger partial charge in [0.15, 0.2) is 0 Å². The highest BCUT2D eigenvalue weighted by Gasteiger charge is 2.31. The quantitative estimate of drug-likeness (QED) is 0.400. The van der Waals surface area contributed by atoms with Crippen LogP contribution in [0.25, 0.3) is 0 Å². The van der Waals surface area contributed by atoms with E-state index in [1.54, 1.807) is 18.2 Å². The Morgan fingerprint density at radius 2 is 1.62 bits per heavy atom. The van der Waals surface area contributed by atoms with Crippen molar-refractivity contribution >= 4 is 17.5 Å². The second-order valence-electron chi connectivity index (χ2n) is 8.88. The maximum atomic E-state index is 13.3. The molecule has 6 heteroatoms. The number of nitrogens with two attached hydrogens (primary N) is 1. The molecule has 6 nitrogen and oxygen atoms in total. The van der Waals surface area contributed by atoms with Crippen LogP contribution in [0.3, 0.4) is 0 Å². The van der Waals surface area contributed by atoms with Crippen LogP contribution in [0.5, 0.6) is 5.75 Å². The SMILES string of the molecule is CCC(C)(C)C(=O)N[C@H](C(=O)Nc1cccc(CN)c1)c1ccc(OCc2ccccc2)cc1. The summed E-state index contributed by atoms with van der Waals surface area (Å²) in [6.45, 7) is 6.50. The molecular weight excluding hydrogens is 426 g/mol. The molecule has 2 amide bonds. The van der Waals surface area contributed by atoms with Crippen molar-refractivity contribution in [2.24, 2.45) is 11.1 Å². The number of hydrogen-bond acceptors (Lipinski definition) is 4. The van der Waals surface area contributed by atoms with Gasteiger partial charge in [-0.3, -0.25) is 9.59 Å². The molecule has 0 saturated heterocycles. The fourth-order valence-corrected chi connectivity index (χ4v) is 3.28. The van der Waals surface area contributed by atoms with Crippen LogP contribution in [0.4, 0.5) is 5.69 Å². The van der Waals surface area contributed by atoms with E-state index in [1.165, 1.54) is 0 Å². The summed E-state index contributed by atoms with van der Waals surface area (Å²) in [6, 6.07) is 23.6. The molecule has 0 aromatic heterocycles. The minimum Gasteiger partial charge on any atom is -0.489 e. The number of rotatable bonds is 10. The van der Waals surface area contributed by atoms with E-state index in [9.17, 15) is 9.59 Å². The van der Waals surface area contributed by atoms with Gasteiger partial charge >= 0.3 is 0 Å². The summed E-state index contributed by atoms with van der Waals surface area (Å²) in [6.07, 6.45) is 0.651. The van der Waals surface area contributed by atoms with Gasteiger partial charge in [-0.1, -0.05) is 75.4 Å². The largest absolute Gasteiger partial charge is 0.489 e. The lowest BCUT2D eigenvalue weighted by Crippen LogP contribution is -2.43. The normalized spacial score (nSPS) is 12.0. The fraction of sp³-hybridized carbons (Fsp3) is 0.286. The molecule has 178 valence electrons. The van der Waals surface area contributed by atoms with Crippen molar-refractivity contribution < 1.29 is 14.3 Å². The molecule has 0 fully saturated rings. The first kappa shape index (κ1) is 25.0. The Hall–Kier alpha value is -3.64. The third-order valence-electron chi connectivity index (χ3n) is 5.93. The lowest BCUT2D eigenvalue weighted by molar-refractivity contribution is -0.133. The lowest BCUT2D eigenvalue weighted by atomic mass is 9.88. The second-order valence-corrected chi connectivity index (χ2v) is 8.88. The number of nitrogens with one attached hydrogen (secondary N) is 2. The van der Waals surface area contributed by atoms with E-state index in [1.807, 2.05) is 81.4 Å². The smallest absolute Gasteiger partial charge is 0.251 e. The van der Waals surface area contributed by atoms with Gasteiger partial charge in [0.2, 0.25) is 5.91 Å². The van der Waals surface area contributed by atoms with Gasteiger partial charge in [0, 0.05) is 17.6 Å². The Morgan fingerprint density at radius 3 is 2.26 bits per heavy atom. The molecule has 34 heavy (non-hydrogen) atoms. The van der Waals surface area contributed by atoms with Gasteiger partial charge in [0.05, 0.1) is 0 Å². The first-order valence-corrected chi connectivity index (χ1v) is 11.5. The van der Waals surface area contributed by atoms with E-state index in [-0.39, 0.29) is 11.8 Å². The molecule has 0 bridgehead atoms. The summed E-state index contributed by atoms with van der Waals surface area (Å²) in [5.41, 5.74) is 8.39.